The van der Waals surface area contributed by atoms with E-state index >= 15 is 0 Å². The molecular weight excluding hydrogens is 273 g/mol. The minimum absolute atomic E-state index is 0.199. The lowest BCUT2D eigenvalue weighted by molar-refractivity contribution is 0.496. The van der Waals surface area contributed by atoms with Crippen LogP contribution in [0.2, 0.25) is 0 Å². The fraction of sp³-hybridized carbons (Fsp3) is 0.308. The number of aromatic nitrogens is 1. The zero-order valence-electron chi connectivity index (χ0n) is 10.7. The van der Waals surface area contributed by atoms with Gasteiger partial charge in [-0.3, -0.25) is 0 Å². The first kappa shape index (κ1) is 13.9. The van der Waals surface area contributed by atoms with E-state index in [9.17, 15) is 13.2 Å². The smallest absolute Gasteiger partial charge is 0.182 e. The summed E-state index contributed by atoms with van der Waals surface area (Å²) in [7, 11) is 0. The van der Waals surface area contributed by atoms with E-state index in [1.54, 1.807) is 6.92 Å². The molecule has 1 N–H and O–H groups in total. The van der Waals surface area contributed by atoms with Crippen molar-refractivity contribution in [1.29, 1.82) is 0 Å². The summed E-state index contributed by atoms with van der Waals surface area (Å²) in [5, 5.41) is 3.65. The normalized spacial score (nSPS) is 12.5. The maximum Gasteiger partial charge on any atom is 0.182 e. The van der Waals surface area contributed by atoms with Gasteiger partial charge in [-0.05, 0) is 20.8 Å². The van der Waals surface area contributed by atoms with Crippen LogP contribution in [0.4, 0.5) is 18.9 Å². The molecule has 2 aromatic rings. The van der Waals surface area contributed by atoms with E-state index in [4.69, 9.17) is 0 Å². The van der Waals surface area contributed by atoms with Crippen molar-refractivity contribution in [3.8, 4) is 0 Å². The zero-order valence-corrected chi connectivity index (χ0v) is 11.5. The van der Waals surface area contributed by atoms with E-state index in [1.165, 1.54) is 11.3 Å². The van der Waals surface area contributed by atoms with Gasteiger partial charge in [0.05, 0.1) is 22.4 Å². The van der Waals surface area contributed by atoms with E-state index in [1.807, 2.05) is 13.8 Å². The number of thiazole rings is 1. The molecule has 0 aliphatic heterocycles. The van der Waals surface area contributed by atoms with Gasteiger partial charge in [0.1, 0.15) is 5.82 Å². The summed E-state index contributed by atoms with van der Waals surface area (Å²) < 4.78 is 39.7. The van der Waals surface area contributed by atoms with Crippen LogP contribution in [-0.4, -0.2) is 4.98 Å². The maximum absolute atomic E-state index is 13.5. The molecule has 1 atom stereocenters. The monoisotopic (exact) mass is 286 g/mol. The molecule has 1 aromatic carbocycles. The SMILES string of the molecule is Cc1nc(C(C)Nc2cc(F)cc(F)c2F)c(C)s1. The number of halogens is 3. The molecule has 0 bridgehead atoms. The Kier molecular flexibility index (Phi) is 3.80. The Labute approximate surface area is 113 Å². The largest absolute Gasteiger partial charge is 0.374 e. The Balaban J connectivity index is 2.29. The number of aryl methyl sites for hydroxylation is 2. The van der Waals surface area contributed by atoms with Gasteiger partial charge in [0.25, 0.3) is 0 Å². The van der Waals surface area contributed by atoms with Gasteiger partial charge in [0.15, 0.2) is 11.6 Å². The molecule has 0 radical (unpaired) electrons. The van der Waals surface area contributed by atoms with E-state index < -0.39 is 17.5 Å². The standard InChI is InChI=1S/C13H13F3N2S/c1-6(13-7(2)19-8(3)18-13)17-11-5-9(14)4-10(15)12(11)16/h4-6,17H,1-3H3. The van der Waals surface area contributed by atoms with Crippen molar-refractivity contribution >= 4 is 17.0 Å². The van der Waals surface area contributed by atoms with Crippen LogP contribution in [0.1, 0.15) is 28.5 Å². The van der Waals surface area contributed by atoms with Gasteiger partial charge in [0, 0.05) is 17.0 Å². The van der Waals surface area contributed by atoms with Crippen LogP contribution in [0.15, 0.2) is 12.1 Å². The minimum atomic E-state index is -1.21. The number of nitrogens with zero attached hydrogens (tertiary/aromatic N) is 1. The Morgan fingerprint density at radius 1 is 1.21 bits per heavy atom. The lowest BCUT2D eigenvalue weighted by Gasteiger charge is -2.15. The van der Waals surface area contributed by atoms with E-state index in [0.717, 1.165) is 21.6 Å². The van der Waals surface area contributed by atoms with E-state index in [2.05, 4.69) is 10.3 Å². The molecular formula is C13H13F3N2S. The van der Waals surface area contributed by atoms with Gasteiger partial charge in [0.2, 0.25) is 0 Å². The number of anilines is 1. The quantitative estimate of drug-likeness (QED) is 0.848. The number of hydrogen-bond donors (Lipinski definition) is 1. The molecule has 0 saturated carbocycles. The van der Waals surface area contributed by atoms with Crippen molar-refractivity contribution in [3.05, 3.63) is 45.2 Å². The van der Waals surface area contributed by atoms with E-state index in [-0.39, 0.29) is 11.7 Å². The van der Waals surface area contributed by atoms with Crippen molar-refractivity contribution in [2.24, 2.45) is 0 Å². The summed E-state index contributed by atoms with van der Waals surface area (Å²) in [6, 6.07) is 1.12. The number of hydrogen-bond acceptors (Lipinski definition) is 3. The average molecular weight is 286 g/mol. The van der Waals surface area contributed by atoms with E-state index in [0.29, 0.717) is 6.07 Å². The molecule has 0 saturated heterocycles. The van der Waals surface area contributed by atoms with Gasteiger partial charge in [-0.2, -0.15) is 0 Å². The second kappa shape index (κ2) is 5.21. The Hall–Kier alpha value is -1.56. The molecule has 19 heavy (non-hydrogen) atoms. The van der Waals surface area contributed by atoms with Crippen LogP contribution < -0.4 is 5.32 Å². The Morgan fingerprint density at radius 2 is 1.89 bits per heavy atom. The van der Waals surface area contributed by atoms with Crippen molar-refractivity contribution in [2.75, 3.05) is 5.32 Å². The highest BCUT2D eigenvalue weighted by molar-refractivity contribution is 7.11. The van der Waals surface area contributed by atoms with Crippen LogP contribution in [0.3, 0.4) is 0 Å². The summed E-state index contributed by atoms with van der Waals surface area (Å²) in [4.78, 5) is 5.32. The first-order valence-electron chi connectivity index (χ1n) is 5.73. The molecule has 0 spiro atoms. The van der Waals surface area contributed by atoms with Gasteiger partial charge in [-0.1, -0.05) is 0 Å². The lowest BCUT2D eigenvalue weighted by atomic mass is 10.2. The molecule has 0 aliphatic rings. The summed E-state index contributed by atoms with van der Waals surface area (Å²) >= 11 is 1.53. The second-order valence-electron chi connectivity index (χ2n) is 4.29. The summed E-state index contributed by atoms with van der Waals surface area (Å²) in [5.74, 6) is -3.11. The molecule has 1 aromatic heterocycles. The molecule has 0 aliphatic carbocycles. The molecule has 0 amide bonds. The molecule has 6 heteroatoms. The predicted octanol–water partition coefficient (Wildman–Crippen LogP) is 4.35. The number of nitrogens with one attached hydrogen (secondary N) is 1. The number of rotatable bonds is 3. The molecule has 0 fully saturated rings. The molecule has 1 heterocycles. The third-order valence-corrected chi connectivity index (χ3v) is 3.62. The average Bonchev–Trinajstić information content (AvgIpc) is 2.64. The summed E-state index contributed by atoms with van der Waals surface area (Å²) in [6.45, 7) is 5.54. The van der Waals surface area contributed by atoms with Crippen molar-refractivity contribution in [3.63, 3.8) is 0 Å². The highest BCUT2D eigenvalue weighted by Crippen LogP contribution is 2.27. The summed E-state index contributed by atoms with van der Waals surface area (Å²) in [5.41, 5.74) is 0.557. The first-order valence-corrected chi connectivity index (χ1v) is 6.55. The second-order valence-corrected chi connectivity index (χ2v) is 5.70. The Bertz CT molecular complexity index is 610. The van der Waals surface area contributed by atoms with Crippen LogP contribution in [0, 0.1) is 31.3 Å². The van der Waals surface area contributed by atoms with Crippen molar-refractivity contribution < 1.29 is 13.2 Å². The highest BCUT2D eigenvalue weighted by Gasteiger charge is 2.17. The van der Waals surface area contributed by atoms with Crippen LogP contribution in [0.5, 0.6) is 0 Å². The van der Waals surface area contributed by atoms with Crippen molar-refractivity contribution in [2.45, 2.75) is 26.8 Å². The maximum atomic E-state index is 13.5. The third kappa shape index (κ3) is 2.89. The van der Waals surface area contributed by atoms with Gasteiger partial charge in [-0.15, -0.1) is 11.3 Å². The lowest BCUT2D eigenvalue weighted by Crippen LogP contribution is -2.10. The number of benzene rings is 1. The van der Waals surface area contributed by atoms with Gasteiger partial charge in [-0.25, -0.2) is 18.2 Å². The van der Waals surface area contributed by atoms with Gasteiger partial charge >= 0.3 is 0 Å². The summed E-state index contributed by atoms with van der Waals surface area (Å²) in [6.07, 6.45) is 0. The Morgan fingerprint density at radius 3 is 2.47 bits per heavy atom. The third-order valence-electron chi connectivity index (χ3n) is 2.71. The van der Waals surface area contributed by atoms with Gasteiger partial charge < -0.3 is 5.32 Å². The van der Waals surface area contributed by atoms with Crippen molar-refractivity contribution in [1.82, 2.24) is 4.98 Å². The molecule has 2 nitrogen and oxygen atoms in total. The fourth-order valence-corrected chi connectivity index (χ4v) is 2.82. The topological polar surface area (TPSA) is 24.9 Å². The highest BCUT2D eigenvalue weighted by atomic mass is 32.1. The molecule has 102 valence electrons. The van der Waals surface area contributed by atoms with Crippen LogP contribution >= 0.6 is 11.3 Å². The molecule has 2 rings (SSSR count). The zero-order chi connectivity index (χ0) is 14.2. The predicted molar refractivity (Wildman–Crippen MR) is 69.9 cm³/mol. The van der Waals surface area contributed by atoms with Crippen LogP contribution in [-0.2, 0) is 0 Å². The van der Waals surface area contributed by atoms with Crippen LogP contribution in [0.25, 0.3) is 0 Å². The first-order chi connectivity index (χ1) is 8.88. The molecule has 1 unspecified atom stereocenters. The fourth-order valence-electron chi connectivity index (χ4n) is 1.91. The minimum Gasteiger partial charge on any atom is -0.374 e.